The van der Waals surface area contributed by atoms with Gasteiger partial charge in [-0.25, -0.2) is 22.7 Å². The molecule has 4 N–H and O–H groups in total. The number of sulfonamides is 1. The highest BCUT2D eigenvalue weighted by Crippen LogP contribution is 2.46. The van der Waals surface area contributed by atoms with E-state index in [-0.39, 0.29) is 36.2 Å². The van der Waals surface area contributed by atoms with E-state index in [0.717, 1.165) is 18.4 Å². The van der Waals surface area contributed by atoms with Crippen LogP contribution in [0.2, 0.25) is 0 Å². The first kappa shape index (κ1) is 49.3. The number of para-hydroxylation sites is 1. The number of aromatic amines is 1. The number of fused-ring (bicyclic) bond motifs is 1. The number of aromatic nitrogens is 1. The second-order valence-electron chi connectivity index (χ2n) is 19.5. The zero-order valence-corrected chi connectivity index (χ0v) is 39.4. The number of amides is 4. The lowest BCUT2D eigenvalue weighted by Crippen LogP contribution is -2.54. The molecule has 3 aromatic carbocycles. The summed E-state index contributed by atoms with van der Waals surface area (Å²) in [6.45, 7) is 15.7. The fraction of sp³-hybridized carbons (Fsp3) is 0.460. The summed E-state index contributed by atoms with van der Waals surface area (Å²) in [7, 11) is -4.26. The number of benzene rings is 3. The minimum atomic E-state index is -4.26. The fourth-order valence-corrected chi connectivity index (χ4v) is 9.98. The zero-order chi connectivity index (χ0) is 48.0. The number of carbonyl (C=O) groups is 5. The molecule has 15 nitrogen and oxygen atoms in total. The molecule has 1 saturated carbocycles. The number of carbonyl (C=O) groups excluding carboxylic acids is 4. The van der Waals surface area contributed by atoms with Crippen LogP contribution in [0, 0.1) is 29.6 Å². The number of carboxylic acids is 1. The molecule has 0 spiro atoms. The average Bonchev–Trinajstić information content (AvgIpc) is 3.63. The van der Waals surface area contributed by atoms with Gasteiger partial charge in [0.2, 0.25) is 5.91 Å². The van der Waals surface area contributed by atoms with Crippen molar-refractivity contribution in [2.75, 3.05) is 26.2 Å². The van der Waals surface area contributed by atoms with Crippen LogP contribution in [-0.2, 0) is 46.7 Å². The topological polar surface area (TPSA) is 205 Å². The molecule has 3 fully saturated rings. The van der Waals surface area contributed by atoms with Crippen LogP contribution in [0.15, 0.2) is 109 Å². The first-order valence-electron chi connectivity index (χ1n) is 22.4. The van der Waals surface area contributed by atoms with Crippen molar-refractivity contribution in [3.63, 3.8) is 0 Å². The van der Waals surface area contributed by atoms with Crippen LogP contribution in [-0.4, -0.2) is 101 Å². The molecule has 66 heavy (non-hydrogen) atoms. The molecular formula is C50H63N5O10S. The molecule has 354 valence electrons. The number of hydrogen-bond donors (Lipinski definition) is 4. The number of hydrogen-bond acceptors (Lipinski definition) is 9. The molecule has 3 aliphatic rings. The summed E-state index contributed by atoms with van der Waals surface area (Å²) in [6.07, 6.45) is 5.38. The van der Waals surface area contributed by atoms with Crippen molar-refractivity contribution in [1.29, 1.82) is 0 Å². The van der Waals surface area contributed by atoms with Crippen LogP contribution in [0.4, 0.5) is 9.59 Å². The lowest BCUT2D eigenvalue weighted by Gasteiger charge is -2.24. The molecule has 1 aromatic heterocycles. The lowest BCUT2D eigenvalue weighted by molar-refractivity contribution is -0.142. The molecule has 16 heteroatoms. The normalized spacial score (nSPS) is 22.7. The maximum atomic E-state index is 13.9. The summed E-state index contributed by atoms with van der Waals surface area (Å²) in [5.41, 5.74) is -0.0417. The predicted octanol–water partition coefficient (Wildman–Crippen LogP) is 7.34. The Labute approximate surface area is 387 Å². The Morgan fingerprint density at radius 3 is 1.76 bits per heavy atom. The average molecular weight is 926 g/mol. The van der Waals surface area contributed by atoms with E-state index in [4.69, 9.17) is 9.47 Å². The number of carboxylic acid groups (broad SMARTS) is 1. The van der Waals surface area contributed by atoms with Crippen molar-refractivity contribution < 1.29 is 47.0 Å². The third-order valence-corrected chi connectivity index (χ3v) is 13.6. The van der Waals surface area contributed by atoms with Gasteiger partial charge in [0.05, 0.1) is 17.4 Å². The van der Waals surface area contributed by atoms with Gasteiger partial charge in [-0.15, -0.1) is 6.58 Å². The van der Waals surface area contributed by atoms with E-state index in [1.54, 1.807) is 51.2 Å². The van der Waals surface area contributed by atoms with Crippen LogP contribution in [0.25, 0.3) is 10.9 Å². The van der Waals surface area contributed by atoms with E-state index >= 15 is 0 Å². The molecule has 1 aliphatic carbocycles. The van der Waals surface area contributed by atoms with Gasteiger partial charge in [0.1, 0.15) is 21.6 Å². The zero-order valence-electron chi connectivity index (χ0n) is 38.6. The van der Waals surface area contributed by atoms with Crippen molar-refractivity contribution >= 4 is 50.9 Å². The van der Waals surface area contributed by atoms with Gasteiger partial charge in [-0.05, 0) is 109 Å². The third kappa shape index (κ3) is 12.4. The number of aryl methyl sites for hydroxylation is 2. The molecule has 7 rings (SSSR count). The first-order chi connectivity index (χ1) is 31.1. The largest absolute Gasteiger partial charge is 0.481 e. The highest BCUT2D eigenvalue weighted by Gasteiger charge is 2.61. The SMILES string of the molecule is C=C[C@@H]1C[C@]1(NC(=O)[C@H]1CN(C(=O)OC(C)(C)C)C[C@@H]1CCc1ccccc1)C(=O)NS(=O)(=O)c1cccc2cc[nH]c12.CC(C)(C)OC(=O)N1C[C@H](CCc2ccccc2)[C@@H](C(=O)O)C1. The Morgan fingerprint density at radius 2 is 1.27 bits per heavy atom. The van der Waals surface area contributed by atoms with Crippen molar-refractivity contribution in [2.45, 2.75) is 95.3 Å². The van der Waals surface area contributed by atoms with Crippen molar-refractivity contribution in [1.82, 2.24) is 24.8 Å². The van der Waals surface area contributed by atoms with Gasteiger partial charge in [0.25, 0.3) is 15.9 Å². The Morgan fingerprint density at radius 1 is 0.758 bits per heavy atom. The summed E-state index contributed by atoms with van der Waals surface area (Å²) < 4.78 is 39.8. The molecule has 4 aromatic rings. The minimum absolute atomic E-state index is 0.0415. The Bertz CT molecular complexity index is 2500. The quantitative estimate of drug-likeness (QED) is 0.0983. The summed E-state index contributed by atoms with van der Waals surface area (Å²) >= 11 is 0. The number of rotatable bonds is 13. The van der Waals surface area contributed by atoms with E-state index < -0.39 is 74.5 Å². The highest BCUT2D eigenvalue weighted by molar-refractivity contribution is 7.90. The van der Waals surface area contributed by atoms with Gasteiger partial charge in [0, 0.05) is 43.7 Å². The van der Waals surface area contributed by atoms with E-state index in [1.165, 1.54) is 21.4 Å². The van der Waals surface area contributed by atoms with Crippen LogP contribution in [0.1, 0.15) is 71.9 Å². The maximum Gasteiger partial charge on any atom is 0.410 e. The molecule has 6 atom stereocenters. The van der Waals surface area contributed by atoms with Crippen LogP contribution < -0.4 is 10.0 Å². The van der Waals surface area contributed by atoms with Gasteiger partial charge >= 0.3 is 18.2 Å². The summed E-state index contributed by atoms with van der Waals surface area (Å²) in [5.74, 6) is -3.89. The van der Waals surface area contributed by atoms with Crippen LogP contribution in [0.3, 0.4) is 0 Å². The van der Waals surface area contributed by atoms with Crippen LogP contribution >= 0.6 is 0 Å². The van der Waals surface area contributed by atoms with Crippen molar-refractivity contribution in [3.8, 4) is 0 Å². The molecule has 2 saturated heterocycles. The Kier molecular flexibility index (Phi) is 15.0. The van der Waals surface area contributed by atoms with Gasteiger partial charge < -0.3 is 34.7 Å². The summed E-state index contributed by atoms with van der Waals surface area (Å²) in [4.78, 5) is 70.0. The number of likely N-dealkylation sites (tertiary alicyclic amines) is 2. The lowest BCUT2D eigenvalue weighted by atomic mass is 9.89. The molecule has 4 amide bonds. The fourth-order valence-electron chi connectivity index (χ4n) is 8.74. The van der Waals surface area contributed by atoms with Crippen molar-refractivity contribution in [3.05, 3.63) is 115 Å². The number of nitrogens with one attached hydrogen (secondary N) is 3. The molecule has 0 bridgehead atoms. The van der Waals surface area contributed by atoms with Crippen molar-refractivity contribution in [2.24, 2.45) is 29.6 Å². The Hall–Kier alpha value is -6.16. The third-order valence-electron chi connectivity index (χ3n) is 12.2. The van der Waals surface area contributed by atoms with Gasteiger partial charge in [0.15, 0.2) is 0 Å². The second-order valence-corrected chi connectivity index (χ2v) is 21.2. The molecule has 3 heterocycles. The first-order valence-corrected chi connectivity index (χ1v) is 23.9. The maximum absolute atomic E-state index is 13.9. The van der Waals surface area contributed by atoms with E-state index in [2.05, 4.69) is 21.6 Å². The van der Waals surface area contributed by atoms with E-state index in [9.17, 15) is 37.5 Å². The van der Waals surface area contributed by atoms with Gasteiger partial charge in [-0.3, -0.25) is 14.4 Å². The molecular weight excluding hydrogens is 863 g/mol. The number of aliphatic carboxylic acids is 1. The second kappa shape index (κ2) is 20.1. The highest BCUT2D eigenvalue weighted by atomic mass is 32.2. The van der Waals surface area contributed by atoms with E-state index in [0.29, 0.717) is 36.8 Å². The predicted molar refractivity (Wildman–Crippen MR) is 250 cm³/mol. The van der Waals surface area contributed by atoms with Crippen LogP contribution in [0.5, 0.6) is 0 Å². The smallest absolute Gasteiger partial charge is 0.410 e. The summed E-state index contributed by atoms with van der Waals surface area (Å²) in [6, 6.07) is 26.4. The number of H-pyrrole nitrogens is 1. The van der Waals surface area contributed by atoms with Gasteiger partial charge in [-0.2, -0.15) is 0 Å². The number of ether oxygens (including phenoxy) is 2. The molecule has 0 radical (unpaired) electrons. The molecule has 2 aliphatic heterocycles. The standard InChI is InChI=1S/C32H38N4O6S.C18H25NO4/c1-5-24-18-32(24,29(38)35-43(40,41)26-13-9-12-22-16-17-33-27(22)26)34-28(37)25-20-36(30(39)42-31(2,3)4)19-23(25)15-14-21-10-7-6-8-11-21;1-18(2,3)23-17(22)19-11-14(15(12-19)16(20)21)10-9-13-7-5-4-6-8-13/h5-13,16-17,23-25,33H,1,14-15,18-20H2,2-4H3,(H,34,37)(H,35,38);4-8,14-15H,9-12H2,1-3H3,(H,20,21)/t23-,24+,25-,32+;14-,15-/m00/s1. The number of nitrogens with zero attached hydrogens (tertiary/aromatic N) is 2. The Balaban J connectivity index is 0.000000264. The van der Waals surface area contributed by atoms with Gasteiger partial charge in [-0.1, -0.05) is 78.9 Å². The summed E-state index contributed by atoms with van der Waals surface area (Å²) in [5, 5.41) is 13.0. The van der Waals surface area contributed by atoms with E-state index in [1.807, 2.05) is 81.4 Å². The monoisotopic (exact) mass is 925 g/mol. The molecule has 0 unspecified atom stereocenters. The minimum Gasteiger partial charge on any atom is -0.481 e.